The molecule has 0 amide bonds. The van der Waals surface area contributed by atoms with E-state index in [1.54, 1.807) is 0 Å². The summed E-state index contributed by atoms with van der Waals surface area (Å²) >= 11 is 4.98. The van der Waals surface area contributed by atoms with Gasteiger partial charge in [-0.05, 0) is 36.0 Å². The molecule has 0 saturated carbocycles. The van der Waals surface area contributed by atoms with E-state index in [9.17, 15) is 0 Å². The normalized spacial score (nSPS) is 10.4. The van der Waals surface area contributed by atoms with Gasteiger partial charge in [0.15, 0.2) is 10.6 Å². The van der Waals surface area contributed by atoms with Crippen molar-refractivity contribution in [3.8, 4) is 17.1 Å². The van der Waals surface area contributed by atoms with Crippen molar-refractivity contribution in [2.45, 2.75) is 6.61 Å². The molecule has 2 N–H and O–H groups in total. The zero-order chi connectivity index (χ0) is 13.8. The van der Waals surface area contributed by atoms with Crippen LogP contribution in [0.4, 0.5) is 0 Å². The van der Waals surface area contributed by atoms with Crippen molar-refractivity contribution in [1.29, 1.82) is 0 Å². The van der Waals surface area contributed by atoms with E-state index in [0.717, 1.165) is 22.7 Å². The number of ether oxygens (including phenoxy) is 1. The zero-order valence-electron chi connectivity index (χ0n) is 10.7. The highest BCUT2D eigenvalue weighted by Crippen LogP contribution is 2.17. The van der Waals surface area contributed by atoms with Gasteiger partial charge >= 0.3 is 0 Å². The van der Waals surface area contributed by atoms with Gasteiger partial charge in [-0.25, -0.2) is 0 Å². The first kappa shape index (κ1) is 12.6. The molecule has 3 rings (SSSR count). The molecule has 0 aliphatic rings. The van der Waals surface area contributed by atoms with Crippen LogP contribution in [0.15, 0.2) is 54.6 Å². The molecule has 20 heavy (non-hydrogen) atoms. The highest BCUT2D eigenvalue weighted by molar-refractivity contribution is 7.71. The molecule has 0 radical (unpaired) electrons. The summed E-state index contributed by atoms with van der Waals surface area (Å²) in [5, 5.41) is 6.84. The molecular weight excluding hydrogens is 270 g/mol. The molecule has 1 aromatic heterocycles. The summed E-state index contributed by atoms with van der Waals surface area (Å²) in [5.74, 6) is 1.59. The van der Waals surface area contributed by atoms with Gasteiger partial charge in [0.05, 0.1) is 0 Å². The lowest BCUT2D eigenvalue weighted by atomic mass is 10.1. The second-order valence-corrected chi connectivity index (χ2v) is 4.74. The second kappa shape index (κ2) is 5.71. The third-order valence-corrected chi connectivity index (χ3v) is 3.04. The lowest BCUT2D eigenvalue weighted by Crippen LogP contribution is -1.95. The van der Waals surface area contributed by atoms with Crippen LogP contribution in [-0.2, 0) is 6.61 Å². The van der Waals surface area contributed by atoms with E-state index >= 15 is 0 Å². The Labute approximate surface area is 121 Å². The van der Waals surface area contributed by atoms with E-state index in [0.29, 0.717) is 11.4 Å². The standard InChI is InChI=1S/C15H13N3OS/c20-15-16-14(17-18-15)12-6-4-5-11(9-12)10-19-13-7-2-1-3-8-13/h1-9H,10H2,(H2,16,17,18,20). The molecule has 0 aliphatic heterocycles. The van der Waals surface area contributed by atoms with Gasteiger partial charge in [0.1, 0.15) is 12.4 Å². The molecule has 5 heteroatoms. The van der Waals surface area contributed by atoms with Crippen LogP contribution >= 0.6 is 12.2 Å². The summed E-state index contributed by atoms with van der Waals surface area (Å²) < 4.78 is 6.25. The number of nitrogens with one attached hydrogen (secondary N) is 2. The van der Waals surface area contributed by atoms with Crippen LogP contribution in [0.1, 0.15) is 5.56 Å². The van der Waals surface area contributed by atoms with Gasteiger partial charge < -0.3 is 9.72 Å². The van der Waals surface area contributed by atoms with Crippen molar-refractivity contribution in [3.05, 3.63) is 64.9 Å². The molecule has 0 atom stereocenters. The number of benzene rings is 2. The molecular formula is C15H13N3OS. The Balaban J connectivity index is 1.76. The molecule has 4 nitrogen and oxygen atoms in total. The monoisotopic (exact) mass is 283 g/mol. The fourth-order valence-electron chi connectivity index (χ4n) is 1.90. The number of aromatic amines is 2. The van der Waals surface area contributed by atoms with Gasteiger partial charge in [0.2, 0.25) is 0 Å². The van der Waals surface area contributed by atoms with Crippen molar-refractivity contribution in [1.82, 2.24) is 15.2 Å². The number of nitrogens with zero attached hydrogens (tertiary/aromatic N) is 1. The number of aromatic nitrogens is 3. The van der Waals surface area contributed by atoms with E-state index < -0.39 is 0 Å². The summed E-state index contributed by atoms with van der Waals surface area (Å²) in [4.78, 5) is 3.00. The number of hydrogen-bond donors (Lipinski definition) is 2. The van der Waals surface area contributed by atoms with E-state index in [-0.39, 0.29) is 0 Å². The molecule has 0 spiro atoms. The largest absolute Gasteiger partial charge is 0.489 e. The Morgan fingerprint density at radius 3 is 2.65 bits per heavy atom. The Bertz CT molecular complexity index is 749. The Kier molecular flexibility index (Phi) is 3.60. The summed E-state index contributed by atoms with van der Waals surface area (Å²) in [6.07, 6.45) is 0. The summed E-state index contributed by atoms with van der Waals surface area (Å²) in [5.41, 5.74) is 2.06. The summed E-state index contributed by atoms with van der Waals surface area (Å²) in [7, 11) is 0. The molecule has 0 fully saturated rings. The SMILES string of the molecule is S=c1[nH]nc(-c2cccc(COc3ccccc3)c2)[nH]1. The maximum atomic E-state index is 5.73. The van der Waals surface area contributed by atoms with Gasteiger partial charge in [-0.2, -0.15) is 5.10 Å². The number of hydrogen-bond acceptors (Lipinski definition) is 3. The van der Waals surface area contributed by atoms with Crippen molar-refractivity contribution >= 4 is 12.2 Å². The van der Waals surface area contributed by atoms with Crippen molar-refractivity contribution in [3.63, 3.8) is 0 Å². The third-order valence-electron chi connectivity index (χ3n) is 2.85. The van der Waals surface area contributed by atoms with Gasteiger partial charge in [0, 0.05) is 5.56 Å². The van der Waals surface area contributed by atoms with Crippen molar-refractivity contribution in [2.75, 3.05) is 0 Å². The van der Waals surface area contributed by atoms with E-state index in [2.05, 4.69) is 15.2 Å². The van der Waals surface area contributed by atoms with Gasteiger partial charge in [0.25, 0.3) is 0 Å². The molecule has 3 aromatic rings. The highest BCUT2D eigenvalue weighted by atomic mass is 32.1. The fourth-order valence-corrected chi connectivity index (χ4v) is 2.04. The lowest BCUT2D eigenvalue weighted by molar-refractivity contribution is 0.306. The van der Waals surface area contributed by atoms with Gasteiger partial charge in [-0.1, -0.05) is 36.4 Å². The Hall–Kier alpha value is -2.40. The van der Waals surface area contributed by atoms with Gasteiger partial charge in [-0.15, -0.1) is 0 Å². The second-order valence-electron chi connectivity index (χ2n) is 4.33. The molecule has 0 saturated heterocycles. The molecule has 1 heterocycles. The molecule has 0 bridgehead atoms. The van der Waals surface area contributed by atoms with E-state index in [1.807, 2.05) is 54.6 Å². The van der Waals surface area contributed by atoms with Crippen LogP contribution in [0.25, 0.3) is 11.4 Å². The maximum absolute atomic E-state index is 5.73. The fraction of sp³-hybridized carbons (Fsp3) is 0.0667. The lowest BCUT2D eigenvalue weighted by Gasteiger charge is -2.06. The topological polar surface area (TPSA) is 53.7 Å². The predicted molar refractivity (Wildman–Crippen MR) is 80.0 cm³/mol. The van der Waals surface area contributed by atoms with Crippen LogP contribution < -0.4 is 4.74 Å². The Morgan fingerprint density at radius 1 is 1.05 bits per heavy atom. The summed E-state index contributed by atoms with van der Waals surface area (Å²) in [6.45, 7) is 0.517. The molecule has 0 aliphatic carbocycles. The number of para-hydroxylation sites is 1. The third kappa shape index (κ3) is 2.95. The van der Waals surface area contributed by atoms with E-state index in [4.69, 9.17) is 17.0 Å². The minimum Gasteiger partial charge on any atom is -0.489 e. The first-order valence-corrected chi connectivity index (χ1v) is 6.64. The smallest absolute Gasteiger partial charge is 0.192 e. The molecule has 0 unspecified atom stereocenters. The minimum absolute atomic E-state index is 0.517. The Morgan fingerprint density at radius 2 is 1.90 bits per heavy atom. The average molecular weight is 283 g/mol. The number of H-pyrrole nitrogens is 2. The first-order valence-electron chi connectivity index (χ1n) is 6.23. The molecule has 2 aromatic carbocycles. The predicted octanol–water partition coefficient (Wildman–Crippen LogP) is 3.71. The van der Waals surface area contributed by atoms with Crippen LogP contribution in [0.3, 0.4) is 0 Å². The average Bonchev–Trinajstić information content (AvgIpc) is 2.93. The first-order chi connectivity index (χ1) is 9.81. The van der Waals surface area contributed by atoms with Crippen molar-refractivity contribution < 1.29 is 4.74 Å². The highest BCUT2D eigenvalue weighted by Gasteiger charge is 2.03. The number of rotatable bonds is 4. The summed E-state index contributed by atoms with van der Waals surface area (Å²) in [6, 6.07) is 17.8. The van der Waals surface area contributed by atoms with Crippen LogP contribution in [0.5, 0.6) is 5.75 Å². The molecule has 100 valence electrons. The quantitative estimate of drug-likeness (QED) is 0.718. The van der Waals surface area contributed by atoms with E-state index in [1.165, 1.54) is 0 Å². The van der Waals surface area contributed by atoms with Gasteiger partial charge in [-0.3, -0.25) is 5.10 Å². The van der Waals surface area contributed by atoms with Crippen molar-refractivity contribution in [2.24, 2.45) is 0 Å². The van der Waals surface area contributed by atoms with Crippen LogP contribution in [-0.4, -0.2) is 15.2 Å². The zero-order valence-corrected chi connectivity index (χ0v) is 11.5. The maximum Gasteiger partial charge on any atom is 0.192 e. The van der Waals surface area contributed by atoms with Crippen LogP contribution in [0.2, 0.25) is 0 Å². The van der Waals surface area contributed by atoms with Crippen LogP contribution in [0, 0.1) is 4.77 Å². The minimum atomic E-state index is 0.517.